The lowest BCUT2D eigenvalue weighted by molar-refractivity contribution is 0.193. The van der Waals surface area contributed by atoms with Crippen LogP contribution in [-0.2, 0) is 4.74 Å². The standard InChI is InChI=1S/C12H17Cl2NO2/c1-16-7-2-5-15-6-8-17-10-3-4-11(13)12(14)9-10/h3-4,9,15H,2,5-8H2,1H3. The topological polar surface area (TPSA) is 30.5 Å². The summed E-state index contributed by atoms with van der Waals surface area (Å²) in [6.45, 7) is 3.11. The van der Waals surface area contributed by atoms with Gasteiger partial charge in [0.25, 0.3) is 0 Å². The molecule has 0 aliphatic heterocycles. The van der Waals surface area contributed by atoms with E-state index in [1.807, 2.05) is 0 Å². The van der Waals surface area contributed by atoms with Gasteiger partial charge in [-0.1, -0.05) is 23.2 Å². The SMILES string of the molecule is COCCCNCCOc1ccc(Cl)c(Cl)c1. The van der Waals surface area contributed by atoms with E-state index in [2.05, 4.69) is 5.32 Å². The Labute approximate surface area is 112 Å². The van der Waals surface area contributed by atoms with Crippen molar-refractivity contribution >= 4 is 23.2 Å². The molecular formula is C12H17Cl2NO2. The number of methoxy groups -OCH3 is 1. The maximum Gasteiger partial charge on any atom is 0.120 e. The summed E-state index contributed by atoms with van der Waals surface area (Å²) in [5, 5.41) is 4.30. The highest BCUT2D eigenvalue weighted by Crippen LogP contribution is 2.26. The minimum Gasteiger partial charge on any atom is -0.492 e. The Kier molecular flexibility index (Phi) is 7.37. The zero-order chi connectivity index (χ0) is 12.5. The van der Waals surface area contributed by atoms with Crippen LogP contribution in [0.15, 0.2) is 18.2 Å². The summed E-state index contributed by atoms with van der Waals surface area (Å²) >= 11 is 11.7. The highest BCUT2D eigenvalue weighted by molar-refractivity contribution is 6.42. The van der Waals surface area contributed by atoms with E-state index in [9.17, 15) is 0 Å². The zero-order valence-electron chi connectivity index (χ0n) is 9.84. The molecule has 0 atom stereocenters. The molecule has 96 valence electrons. The third-order valence-electron chi connectivity index (χ3n) is 2.14. The van der Waals surface area contributed by atoms with Gasteiger partial charge in [0.1, 0.15) is 12.4 Å². The van der Waals surface area contributed by atoms with Crippen molar-refractivity contribution in [1.29, 1.82) is 0 Å². The van der Waals surface area contributed by atoms with Crippen LogP contribution in [0.1, 0.15) is 6.42 Å². The average molecular weight is 278 g/mol. The second-order valence-corrected chi connectivity index (χ2v) is 4.34. The van der Waals surface area contributed by atoms with E-state index in [0.29, 0.717) is 16.7 Å². The van der Waals surface area contributed by atoms with Gasteiger partial charge in [0.15, 0.2) is 0 Å². The fourth-order valence-corrected chi connectivity index (χ4v) is 1.56. The molecule has 0 unspecified atom stereocenters. The van der Waals surface area contributed by atoms with Crippen molar-refractivity contribution < 1.29 is 9.47 Å². The van der Waals surface area contributed by atoms with Crippen LogP contribution < -0.4 is 10.1 Å². The number of ether oxygens (including phenoxy) is 2. The Morgan fingerprint density at radius 2 is 1.94 bits per heavy atom. The summed E-state index contributed by atoms with van der Waals surface area (Å²) in [5.74, 6) is 0.734. The van der Waals surface area contributed by atoms with E-state index in [0.717, 1.165) is 31.9 Å². The molecule has 0 fully saturated rings. The van der Waals surface area contributed by atoms with Crippen molar-refractivity contribution in [1.82, 2.24) is 5.32 Å². The summed E-state index contributed by atoms with van der Waals surface area (Å²) in [6.07, 6.45) is 1.00. The van der Waals surface area contributed by atoms with E-state index in [1.165, 1.54) is 0 Å². The number of halogens is 2. The molecule has 0 saturated heterocycles. The smallest absolute Gasteiger partial charge is 0.120 e. The molecule has 17 heavy (non-hydrogen) atoms. The molecule has 3 nitrogen and oxygen atoms in total. The van der Waals surface area contributed by atoms with E-state index in [-0.39, 0.29) is 0 Å². The van der Waals surface area contributed by atoms with Crippen molar-refractivity contribution in [2.45, 2.75) is 6.42 Å². The molecule has 1 aromatic carbocycles. The molecule has 0 saturated carbocycles. The Bertz CT molecular complexity index is 334. The minimum atomic E-state index is 0.511. The third-order valence-corrected chi connectivity index (χ3v) is 2.88. The molecule has 0 bridgehead atoms. The quantitative estimate of drug-likeness (QED) is 0.741. The van der Waals surface area contributed by atoms with Gasteiger partial charge in [0.2, 0.25) is 0 Å². The first-order valence-electron chi connectivity index (χ1n) is 5.51. The number of rotatable bonds is 8. The summed E-state index contributed by atoms with van der Waals surface area (Å²) < 4.78 is 10.5. The third kappa shape index (κ3) is 6.13. The van der Waals surface area contributed by atoms with Crippen molar-refractivity contribution in [2.75, 3.05) is 33.4 Å². The van der Waals surface area contributed by atoms with Gasteiger partial charge in [-0.3, -0.25) is 0 Å². The average Bonchev–Trinajstić information content (AvgIpc) is 2.32. The van der Waals surface area contributed by atoms with Crippen molar-refractivity contribution in [3.8, 4) is 5.75 Å². The van der Waals surface area contributed by atoms with Gasteiger partial charge in [0, 0.05) is 26.3 Å². The Balaban J connectivity index is 2.11. The predicted octanol–water partition coefficient (Wildman–Crippen LogP) is 3.00. The number of hydrogen-bond donors (Lipinski definition) is 1. The number of nitrogens with one attached hydrogen (secondary N) is 1. The second-order valence-electron chi connectivity index (χ2n) is 3.52. The van der Waals surface area contributed by atoms with Crippen molar-refractivity contribution in [2.24, 2.45) is 0 Å². The molecule has 0 aliphatic rings. The Morgan fingerprint density at radius 1 is 1.12 bits per heavy atom. The van der Waals surface area contributed by atoms with Crippen LogP contribution in [0.25, 0.3) is 0 Å². The Hall–Kier alpha value is -0.480. The van der Waals surface area contributed by atoms with Gasteiger partial charge < -0.3 is 14.8 Å². The largest absolute Gasteiger partial charge is 0.492 e. The summed E-state index contributed by atoms with van der Waals surface area (Å²) in [5.41, 5.74) is 0. The second kappa shape index (κ2) is 8.59. The van der Waals surface area contributed by atoms with Crippen LogP contribution in [0.4, 0.5) is 0 Å². The molecule has 0 aliphatic carbocycles. The summed E-state index contributed by atoms with van der Waals surface area (Å²) in [6, 6.07) is 5.25. The maximum atomic E-state index is 5.87. The summed E-state index contributed by atoms with van der Waals surface area (Å²) in [7, 11) is 1.70. The fraction of sp³-hybridized carbons (Fsp3) is 0.500. The molecule has 0 radical (unpaired) electrons. The van der Waals surface area contributed by atoms with Gasteiger partial charge in [-0.2, -0.15) is 0 Å². The van der Waals surface area contributed by atoms with Crippen LogP contribution in [0, 0.1) is 0 Å². The molecule has 0 spiro atoms. The van der Waals surface area contributed by atoms with Gasteiger partial charge in [0.05, 0.1) is 10.0 Å². The summed E-state index contributed by atoms with van der Waals surface area (Å²) in [4.78, 5) is 0. The van der Waals surface area contributed by atoms with Crippen LogP contribution in [0.3, 0.4) is 0 Å². The molecular weight excluding hydrogens is 261 g/mol. The lowest BCUT2D eigenvalue weighted by atomic mass is 10.3. The molecule has 0 aromatic heterocycles. The number of benzene rings is 1. The minimum absolute atomic E-state index is 0.511. The van der Waals surface area contributed by atoms with Crippen LogP contribution >= 0.6 is 23.2 Å². The first kappa shape index (κ1) is 14.6. The molecule has 1 aromatic rings. The lowest BCUT2D eigenvalue weighted by Crippen LogP contribution is -2.22. The molecule has 0 amide bonds. The Morgan fingerprint density at radius 3 is 2.65 bits per heavy atom. The first-order valence-corrected chi connectivity index (χ1v) is 6.27. The molecule has 1 N–H and O–H groups in total. The monoisotopic (exact) mass is 277 g/mol. The molecule has 5 heteroatoms. The van der Waals surface area contributed by atoms with Crippen LogP contribution in [0.2, 0.25) is 10.0 Å². The maximum absolute atomic E-state index is 5.87. The normalized spacial score (nSPS) is 10.5. The predicted molar refractivity (Wildman–Crippen MR) is 71.3 cm³/mol. The van der Waals surface area contributed by atoms with Crippen LogP contribution in [0.5, 0.6) is 5.75 Å². The van der Waals surface area contributed by atoms with E-state index >= 15 is 0 Å². The fourth-order valence-electron chi connectivity index (χ4n) is 1.27. The van der Waals surface area contributed by atoms with Crippen molar-refractivity contribution in [3.05, 3.63) is 28.2 Å². The van der Waals surface area contributed by atoms with Gasteiger partial charge in [-0.15, -0.1) is 0 Å². The lowest BCUT2D eigenvalue weighted by Gasteiger charge is -2.08. The van der Waals surface area contributed by atoms with Gasteiger partial charge in [-0.05, 0) is 25.1 Å². The highest BCUT2D eigenvalue weighted by atomic mass is 35.5. The zero-order valence-corrected chi connectivity index (χ0v) is 11.4. The van der Waals surface area contributed by atoms with Gasteiger partial charge in [-0.25, -0.2) is 0 Å². The van der Waals surface area contributed by atoms with E-state index < -0.39 is 0 Å². The van der Waals surface area contributed by atoms with Gasteiger partial charge >= 0.3 is 0 Å². The van der Waals surface area contributed by atoms with Crippen LogP contribution in [-0.4, -0.2) is 33.4 Å². The molecule has 1 rings (SSSR count). The highest BCUT2D eigenvalue weighted by Gasteiger charge is 1.99. The first-order chi connectivity index (χ1) is 8.24. The molecule has 0 heterocycles. The number of hydrogen-bond acceptors (Lipinski definition) is 3. The van der Waals surface area contributed by atoms with E-state index in [4.69, 9.17) is 32.7 Å². The van der Waals surface area contributed by atoms with E-state index in [1.54, 1.807) is 25.3 Å². The van der Waals surface area contributed by atoms with Crippen molar-refractivity contribution in [3.63, 3.8) is 0 Å².